The van der Waals surface area contributed by atoms with Gasteiger partial charge >= 0.3 is 0 Å². The summed E-state index contributed by atoms with van der Waals surface area (Å²) in [5, 5.41) is 15.3. The number of hydrogen-bond acceptors (Lipinski definition) is 6. The fourth-order valence-electron chi connectivity index (χ4n) is 2.36. The minimum absolute atomic E-state index is 0.133. The summed E-state index contributed by atoms with van der Waals surface area (Å²) in [6.07, 6.45) is 0. The fourth-order valence-corrected chi connectivity index (χ4v) is 4.55. The van der Waals surface area contributed by atoms with E-state index in [0.29, 0.717) is 10.7 Å². The molecule has 140 valence electrons. The smallest absolute Gasteiger partial charge is 0.242 e. The molecular weight excluding hydrogens is 400 g/mol. The van der Waals surface area contributed by atoms with Crippen LogP contribution >= 0.6 is 34.7 Å². The van der Waals surface area contributed by atoms with Crippen LogP contribution in [0.15, 0.2) is 52.9 Å². The number of hydrogen-bond donors (Lipinski definition) is 2. The van der Waals surface area contributed by atoms with Crippen LogP contribution in [0.4, 0.5) is 10.8 Å². The number of halogens is 1. The molecular formula is C19H19ClN4OS2. The molecule has 5 nitrogen and oxygen atoms in total. The van der Waals surface area contributed by atoms with E-state index in [0.717, 1.165) is 27.1 Å². The second-order valence-corrected chi connectivity index (χ2v) is 8.50. The first-order valence-electron chi connectivity index (χ1n) is 8.43. The quantitative estimate of drug-likeness (QED) is 0.502. The number of nitrogens with zero attached hydrogens (tertiary/aromatic N) is 2. The predicted octanol–water partition coefficient (Wildman–Crippen LogP) is 5.40. The van der Waals surface area contributed by atoms with Gasteiger partial charge in [0, 0.05) is 17.3 Å². The molecule has 3 rings (SSSR count). The van der Waals surface area contributed by atoms with Gasteiger partial charge in [-0.2, -0.15) is 0 Å². The van der Waals surface area contributed by atoms with Gasteiger partial charge in [-0.1, -0.05) is 71.1 Å². The zero-order valence-corrected chi connectivity index (χ0v) is 17.3. The van der Waals surface area contributed by atoms with Crippen molar-refractivity contribution >= 4 is 51.4 Å². The summed E-state index contributed by atoms with van der Waals surface area (Å²) in [5.74, 6) is -0.133. The molecule has 2 N–H and O–H groups in total. The van der Waals surface area contributed by atoms with Crippen molar-refractivity contribution in [3.63, 3.8) is 0 Å². The molecule has 0 aliphatic carbocycles. The van der Waals surface area contributed by atoms with Crippen molar-refractivity contribution in [2.75, 3.05) is 17.2 Å². The van der Waals surface area contributed by atoms with Gasteiger partial charge in [0.25, 0.3) is 0 Å². The molecule has 27 heavy (non-hydrogen) atoms. The van der Waals surface area contributed by atoms with Crippen molar-refractivity contribution in [1.29, 1.82) is 0 Å². The zero-order valence-electron chi connectivity index (χ0n) is 14.9. The SMILES string of the molecule is CCNc1nnc(SC(C(=O)Nc2ccc(C)c(Cl)c2)c2ccccc2)s1. The van der Waals surface area contributed by atoms with Gasteiger partial charge in [0.05, 0.1) is 0 Å². The normalized spacial score (nSPS) is 11.8. The molecule has 0 saturated carbocycles. The Kier molecular flexibility index (Phi) is 6.71. The van der Waals surface area contributed by atoms with Gasteiger partial charge in [-0.25, -0.2) is 0 Å². The molecule has 3 aromatic rings. The fraction of sp³-hybridized carbons (Fsp3) is 0.211. The van der Waals surface area contributed by atoms with E-state index in [-0.39, 0.29) is 5.91 Å². The van der Waals surface area contributed by atoms with Crippen molar-refractivity contribution in [3.05, 3.63) is 64.7 Å². The molecule has 1 aromatic heterocycles. The number of carbonyl (C=O) groups is 1. The summed E-state index contributed by atoms with van der Waals surface area (Å²) < 4.78 is 0.733. The van der Waals surface area contributed by atoms with Gasteiger partial charge in [0.1, 0.15) is 5.25 Å². The van der Waals surface area contributed by atoms with Crippen LogP contribution in [-0.2, 0) is 4.79 Å². The number of amides is 1. The minimum Gasteiger partial charge on any atom is -0.360 e. The van der Waals surface area contributed by atoms with Crippen molar-refractivity contribution in [3.8, 4) is 0 Å². The maximum Gasteiger partial charge on any atom is 0.242 e. The highest BCUT2D eigenvalue weighted by Gasteiger charge is 2.24. The lowest BCUT2D eigenvalue weighted by Crippen LogP contribution is -2.19. The Labute approximate surface area is 171 Å². The number of rotatable bonds is 7. The monoisotopic (exact) mass is 418 g/mol. The third-order valence-corrected chi connectivity index (χ3v) is 6.36. The summed E-state index contributed by atoms with van der Waals surface area (Å²) >= 11 is 9.00. The highest BCUT2D eigenvalue weighted by Crippen LogP contribution is 2.38. The Morgan fingerprint density at radius 2 is 2.00 bits per heavy atom. The first-order chi connectivity index (χ1) is 13.1. The van der Waals surface area contributed by atoms with Crippen LogP contribution in [0.2, 0.25) is 5.02 Å². The first kappa shape index (κ1) is 19.7. The molecule has 1 heterocycles. The molecule has 1 unspecified atom stereocenters. The van der Waals surface area contributed by atoms with Gasteiger partial charge < -0.3 is 10.6 Å². The molecule has 0 fully saturated rings. The van der Waals surface area contributed by atoms with E-state index < -0.39 is 5.25 Å². The third-order valence-electron chi connectivity index (χ3n) is 3.73. The second kappa shape index (κ2) is 9.21. The molecule has 8 heteroatoms. The van der Waals surface area contributed by atoms with Crippen LogP contribution in [0.25, 0.3) is 0 Å². The number of carbonyl (C=O) groups excluding carboxylic acids is 1. The lowest BCUT2D eigenvalue weighted by atomic mass is 10.1. The summed E-state index contributed by atoms with van der Waals surface area (Å²) in [5.41, 5.74) is 2.54. The topological polar surface area (TPSA) is 66.9 Å². The Morgan fingerprint density at radius 3 is 2.70 bits per heavy atom. The highest BCUT2D eigenvalue weighted by molar-refractivity contribution is 8.02. The van der Waals surface area contributed by atoms with E-state index in [4.69, 9.17) is 11.6 Å². The Balaban J connectivity index is 1.82. The van der Waals surface area contributed by atoms with Crippen LogP contribution in [0.3, 0.4) is 0 Å². The summed E-state index contributed by atoms with van der Waals surface area (Å²) in [6, 6.07) is 15.1. The standard InChI is InChI=1S/C19H19ClN4OS2/c1-3-21-18-23-24-19(27-18)26-16(13-7-5-4-6-8-13)17(25)22-14-10-9-12(2)15(20)11-14/h4-11,16H,3H2,1-2H3,(H,21,23)(H,22,25). The highest BCUT2D eigenvalue weighted by atomic mass is 35.5. The van der Waals surface area contributed by atoms with Crippen molar-refractivity contribution in [2.45, 2.75) is 23.4 Å². The number of anilines is 2. The van der Waals surface area contributed by atoms with E-state index in [9.17, 15) is 4.79 Å². The number of aryl methyl sites for hydroxylation is 1. The Morgan fingerprint density at radius 1 is 1.22 bits per heavy atom. The van der Waals surface area contributed by atoms with Crippen LogP contribution in [0.1, 0.15) is 23.3 Å². The van der Waals surface area contributed by atoms with E-state index in [2.05, 4.69) is 20.8 Å². The molecule has 1 atom stereocenters. The number of nitrogens with one attached hydrogen (secondary N) is 2. The van der Waals surface area contributed by atoms with E-state index >= 15 is 0 Å². The van der Waals surface area contributed by atoms with Crippen molar-refractivity contribution in [1.82, 2.24) is 10.2 Å². The van der Waals surface area contributed by atoms with Gasteiger partial charge in [-0.3, -0.25) is 4.79 Å². The van der Waals surface area contributed by atoms with Crippen LogP contribution < -0.4 is 10.6 Å². The van der Waals surface area contributed by atoms with Crippen molar-refractivity contribution < 1.29 is 4.79 Å². The molecule has 0 saturated heterocycles. The van der Waals surface area contributed by atoms with Crippen molar-refractivity contribution in [2.24, 2.45) is 0 Å². The van der Waals surface area contributed by atoms with Crippen LogP contribution in [-0.4, -0.2) is 22.6 Å². The second-order valence-electron chi connectivity index (χ2n) is 5.77. The maximum absolute atomic E-state index is 13.0. The molecule has 0 aliphatic rings. The Bertz CT molecular complexity index is 917. The lowest BCUT2D eigenvalue weighted by molar-refractivity contribution is -0.115. The van der Waals surface area contributed by atoms with E-state index in [1.807, 2.05) is 56.3 Å². The minimum atomic E-state index is -0.450. The van der Waals surface area contributed by atoms with Gasteiger partial charge in [-0.05, 0) is 37.1 Å². The maximum atomic E-state index is 13.0. The largest absolute Gasteiger partial charge is 0.360 e. The van der Waals surface area contributed by atoms with Gasteiger partial charge in [0.15, 0.2) is 4.34 Å². The first-order valence-corrected chi connectivity index (χ1v) is 10.5. The van der Waals surface area contributed by atoms with Crippen LogP contribution in [0.5, 0.6) is 0 Å². The number of thioether (sulfide) groups is 1. The molecule has 0 spiro atoms. The average Bonchev–Trinajstić information content (AvgIpc) is 3.11. The Hall–Kier alpha value is -2.09. The van der Waals surface area contributed by atoms with Crippen LogP contribution in [0, 0.1) is 6.92 Å². The molecule has 0 radical (unpaired) electrons. The van der Waals surface area contributed by atoms with Gasteiger partial charge in [0.2, 0.25) is 11.0 Å². The lowest BCUT2D eigenvalue weighted by Gasteiger charge is -2.16. The average molecular weight is 419 g/mol. The summed E-state index contributed by atoms with van der Waals surface area (Å²) in [4.78, 5) is 13.0. The molecule has 0 aliphatic heterocycles. The molecule has 2 aromatic carbocycles. The number of aromatic nitrogens is 2. The molecule has 1 amide bonds. The van der Waals surface area contributed by atoms with E-state index in [1.54, 1.807) is 6.07 Å². The summed E-state index contributed by atoms with van der Waals surface area (Å²) in [6.45, 7) is 4.70. The summed E-state index contributed by atoms with van der Waals surface area (Å²) in [7, 11) is 0. The predicted molar refractivity (Wildman–Crippen MR) is 114 cm³/mol. The third kappa shape index (κ3) is 5.22. The van der Waals surface area contributed by atoms with E-state index in [1.165, 1.54) is 23.1 Å². The van der Waals surface area contributed by atoms with Gasteiger partial charge in [-0.15, -0.1) is 10.2 Å². The molecule has 0 bridgehead atoms. The number of benzene rings is 2. The zero-order chi connectivity index (χ0) is 19.2.